The number of rotatable bonds is 7. The van der Waals surface area contributed by atoms with E-state index in [1.165, 1.54) is 18.4 Å². The molecule has 0 spiro atoms. The Labute approximate surface area is 119 Å². The van der Waals surface area contributed by atoms with Crippen LogP contribution >= 0.6 is 0 Å². The minimum absolute atomic E-state index is 0.151. The summed E-state index contributed by atoms with van der Waals surface area (Å²) in [5.74, 6) is 0. The van der Waals surface area contributed by atoms with Gasteiger partial charge in [0.2, 0.25) is 0 Å². The molecule has 2 aromatic rings. The molecule has 0 amide bonds. The number of hydrogen-bond acceptors (Lipinski definition) is 3. The van der Waals surface area contributed by atoms with Gasteiger partial charge in [-0.3, -0.25) is 0 Å². The average molecular weight is 276 g/mol. The highest BCUT2D eigenvalue weighted by atomic mass is 16.1. The molecule has 0 radical (unpaired) electrons. The van der Waals surface area contributed by atoms with Crippen LogP contribution < -0.4 is 11.0 Å². The number of hydrogen-bond donors (Lipinski definition) is 3. The summed E-state index contributed by atoms with van der Waals surface area (Å²) < 4.78 is 0. The molecule has 1 heterocycles. The highest BCUT2D eigenvalue weighted by Gasteiger charge is 2.06. The van der Waals surface area contributed by atoms with Gasteiger partial charge in [0.25, 0.3) is 0 Å². The van der Waals surface area contributed by atoms with Crippen molar-refractivity contribution in [2.24, 2.45) is 0 Å². The van der Waals surface area contributed by atoms with Crippen LogP contribution in [0.25, 0.3) is 11.0 Å². The Bertz CT molecular complexity index is 599. The number of nitrogens with zero attached hydrogens (tertiary/aromatic N) is 1. The molecule has 3 N–H and O–H groups in total. The molecule has 1 unspecified atom stereocenters. The normalized spacial score (nSPS) is 13.2. The van der Waals surface area contributed by atoms with Gasteiger partial charge in [-0.25, -0.2) is 4.79 Å². The maximum atomic E-state index is 11.2. The predicted molar refractivity (Wildman–Crippen MR) is 83.1 cm³/mol. The van der Waals surface area contributed by atoms with E-state index in [2.05, 4.69) is 47.3 Å². The topological polar surface area (TPSA) is 63.9 Å². The SMILES string of the molecule is CC(NCCCCN(C)C)c1ccc2[nH]c(=O)[nH]c2c1. The minimum atomic E-state index is -0.151. The Hall–Kier alpha value is -1.59. The van der Waals surface area contributed by atoms with Crippen LogP contribution in [0.5, 0.6) is 0 Å². The number of benzene rings is 1. The molecule has 0 aliphatic rings. The van der Waals surface area contributed by atoms with Crippen LogP contribution in [0.15, 0.2) is 23.0 Å². The van der Waals surface area contributed by atoms with Crippen LogP contribution in [0.2, 0.25) is 0 Å². The molecular weight excluding hydrogens is 252 g/mol. The maximum absolute atomic E-state index is 11.2. The first-order valence-electron chi connectivity index (χ1n) is 7.16. The molecule has 0 aliphatic heterocycles. The van der Waals surface area contributed by atoms with Gasteiger partial charge in [-0.2, -0.15) is 0 Å². The Morgan fingerprint density at radius 1 is 1.20 bits per heavy atom. The third-order valence-electron chi connectivity index (χ3n) is 3.52. The van der Waals surface area contributed by atoms with Gasteiger partial charge in [0.1, 0.15) is 0 Å². The molecule has 0 saturated carbocycles. The molecule has 0 aliphatic carbocycles. The largest absolute Gasteiger partial charge is 0.323 e. The van der Waals surface area contributed by atoms with Crippen molar-refractivity contribution in [2.45, 2.75) is 25.8 Å². The van der Waals surface area contributed by atoms with E-state index < -0.39 is 0 Å². The lowest BCUT2D eigenvalue weighted by Gasteiger charge is -2.15. The number of unbranched alkanes of at least 4 members (excludes halogenated alkanes) is 1. The summed E-state index contributed by atoms with van der Waals surface area (Å²) in [6.45, 7) is 4.29. The fourth-order valence-electron chi connectivity index (χ4n) is 2.31. The molecule has 1 atom stereocenters. The fraction of sp³-hybridized carbons (Fsp3) is 0.533. The average Bonchev–Trinajstić information content (AvgIpc) is 2.76. The number of H-pyrrole nitrogens is 2. The summed E-state index contributed by atoms with van der Waals surface area (Å²) in [6, 6.07) is 6.33. The lowest BCUT2D eigenvalue weighted by Crippen LogP contribution is -2.21. The minimum Gasteiger partial charge on any atom is -0.310 e. The van der Waals surface area contributed by atoms with Gasteiger partial charge in [0.05, 0.1) is 11.0 Å². The van der Waals surface area contributed by atoms with E-state index in [9.17, 15) is 4.79 Å². The molecule has 5 heteroatoms. The Morgan fingerprint density at radius 2 is 1.95 bits per heavy atom. The predicted octanol–water partition coefficient (Wildman–Crippen LogP) is 1.85. The molecule has 0 saturated heterocycles. The zero-order chi connectivity index (χ0) is 14.5. The van der Waals surface area contributed by atoms with E-state index in [0.717, 1.165) is 24.1 Å². The van der Waals surface area contributed by atoms with Crippen molar-refractivity contribution in [2.75, 3.05) is 27.2 Å². The second kappa shape index (κ2) is 6.72. The van der Waals surface area contributed by atoms with Crippen molar-refractivity contribution >= 4 is 11.0 Å². The van der Waals surface area contributed by atoms with Crippen molar-refractivity contribution < 1.29 is 0 Å². The lowest BCUT2D eigenvalue weighted by molar-refractivity contribution is 0.389. The summed E-state index contributed by atoms with van der Waals surface area (Å²) >= 11 is 0. The van der Waals surface area contributed by atoms with Gasteiger partial charge >= 0.3 is 5.69 Å². The molecule has 110 valence electrons. The third-order valence-corrected chi connectivity index (χ3v) is 3.52. The van der Waals surface area contributed by atoms with Crippen LogP contribution in [0.1, 0.15) is 31.4 Å². The molecule has 2 rings (SSSR count). The second-order valence-corrected chi connectivity index (χ2v) is 5.57. The summed E-state index contributed by atoms with van der Waals surface area (Å²) in [6.07, 6.45) is 2.38. The van der Waals surface area contributed by atoms with Gasteiger partial charge in [0.15, 0.2) is 0 Å². The standard InChI is InChI=1S/C15H24N4O/c1-11(16-8-4-5-9-19(2)3)12-6-7-13-14(10-12)18-15(20)17-13/h6-7,10-11,16H,4-5,8-9H2,1-3H3,(H2,17,18,20). The number of fused-ring (bicyclic) bond motifs is 1. The highest BCUT2D eigenvalue weighted by Crippen LogP contribution is 2.16. The van der Waals surface area contributed by atoms with Gasteiger partial charge < -0.3 is 20.2 Å². The molecule has 5 nitrogen and oxygen atoms in total. The first kappa shape index (κ1) is 14.8. The zero-order valence-corrected chi connectivity index (χ0v) is 12.5. The first-order valence-corrected chi connectivity index (χ1v) is 7.16. The van der Waals surface area contributed by atoms with Crippen molar-refractivity contribution in [3.05, 3.63) is 34.2 Å². The van der Waals surface area contributed by atoms with Gasteiger partial charge in [0, 0.05) is 6.04 Å². The van der Waals surface area contributed by atoms with E-state index in [0.29, 0.717) is 0 Å². The van der Waals surface area contributed by atoms with Crippen molar-refractivity contribution in [3.63, 3.8) is 0 Å². The Morgan fingerprint density at radius 3 is 2.70 bits per heavy atom. The fourth-order valence-corrected chi connectivity index (χ4v) is 2.31. The summed E-state index contributed by atoms with van der Waals surface area (Å²) in [7, 11) is 4.20. The zero-order valence-electron chi connectivity index (χ0n) is 12.5. The van der Waals surface area contributed by atoms with E-state index in [1.54, 1.807) is 0 Å². The van der Waals surface area contributed by atoms with Crippen LogP contribution in [0.4, 0.5) is 0 Å². The van der Waals surface area contributed by atoms with Gasteiger partial charge in [-0.15, -0.1) is 0 Å². The second-order valence-electron chi connectivity index (χ2n) is 5.57. The number of aromatic nitrogens is 2. The summed E-state index contributed by atoms with van der Waals surface area (Å²) in [5, 5.41) is 3.52. The lowest BCUT2D eigenvalue weighted by atomic mass is 10.1. The number of aromatic amines is 2. The van der Waals surface area contributed by atoms with E-state index in [1.807, 2.05) is 12.1 Å². The van der Waals surface area contributed by atoms with Crippen LogP contribution in [0, 0.1) is 0 Å². The van der Waals surface area contributed by atoms with Crippen LogP contribution in [0.3, 0.4) is 0 Å². The highest BCUT2D eigenvalue weighted by molar-refractivity contribution is 5.75. The molecule has 20 heavy (non-hydrogen) atoms. The van der Waals surface area contributed by atoms with E-state index in [-0.39, 0.29) is 11.7 Å². The summed E-state index contributed by atoms with van der Waals surface area (Å²) in [4.78, 5) is 19.0. The molecule has 1 aromatic heterocycles. The monoisotopic (exact) mass is 276 g/mol. The van der Waals surface area contributed by atoms with Crippen molar-refractivity contribution in [3.8, 4) is 0 Å². The summed E-state index contributed by atoms with van der Waals surface area (Å²) in [5.41, 5.74) is 2.77. The van der Waals surface area contributed by atoms with Crippen LogP contribution in [-0.2, 0) is 0 Å². The number of nitrogens with one attached hydrogen (secondary N) is 3. The van der Waals surface area contributed by atoms with E-state index >= 15 is 0 Å². The first-order chi connectivity index (χ1) is 9.56. The molecular formula is C15H24N4O. The Kier molecular flexibility index (Phi) is 4.98. The molecule has 0 bridgehead atoms. The maximum Gasteiger partial charge on any atom is 0.323 e. The van der Waals surface area contributed by atoms with Gasteiger partial charge in [-0.1, -0.05) is 6.07 Å². The quantitative estimate of drug-likeness (QED) is 0.676. The van der Waals surface area contributed by atoms with Crippen molar-refractivity contribution in [1.82, 2.24) is 20.2 Å². The third kappa shape index (κ3) is 3.95. The molecule has 0 fully saturated rings. The molecule has 1 aromatic carbocycles. The smallest absolute Gasteiger partial charge is 0.310 e. The van der Waals surface area contributed by atoms with Crippen LogP contribution in [-0.4, -0.2) is 42.1 Å². The van der Waals surface area contributed by atoms with Crippen molar-refractivity contribution in [1.29, 1.82) is 0 Å². The number of imidazole rings is 1. The van der Waals surface area contributed by atoms with Gasteiger partial charge in [-0.05, 0) is 64.6 Å². The van der Waals surface area contributed by atoms with E-state index in [4.69, 9.17) is 0 Å². The Balaban J connectivity index is 1.87.